The van der Waals surface area contributed by atoms with Gasteiger partial charge in [-0.1, -0.05) is 12.1 Å². The molecule has 3 aromatic rings. The van der Waals surface area contributed by atoms with Crippen LogP contribution in [0.25, 0.3) is 10.2 Å². The van der Waals surface area contributed by atoms with Gasteiger partial charge < -0.3 is 15.2 Å². The topological polar surface area (TPSA) is 88.5 Å². The molecule has 3 rings (SSSR count). The maximum Gasteiger partial charge on any atom is 0.341 e. The first-order chi connectivity index (χ1) is 13.0. The van der Waals surface area contributed by atoms with E-state index >= 15 is 0 Å². The number of amides is 1. The number of aromatic nitrogens is 1. The zero-order valence-electron chi connectivity index (χ0n) is 14.9. The summed E-state index contributed by atoms with van der Waals surface area (Å²) in [5.74, 6) is -0.625. The van der Waals surface area contributed by atoms with Gasteiger partial charge in [-0.15, -0.1) is 11.3 Å². The number of carbonyl (C=O) groups excluding carboxylic acids is 1. The fourth-order valence-electron chi connectivity index (χ4n) is 2.65. The quantitative estimate of drug-likeness (QED) is 0.612. The lowest BCUT2D eigenvalue weighted by Gasteiger charge is -2.10. The third-order valence-electron chi connectivity index (χ3n) is 3.97. The molecule has 2 aromatic carbocycles. The maximum atomic E-state index is 12.2. The van der Waals surface area contributed by atoms with Crippen molar-refractivity contribution in [2.45, 2.75) is 26.2 Å². The molecule has 0 saturated carbocycles. The van der Waals surface area contributed by atoms with Gasteiger partial charge in [-0.25, -0.2) is 9.78 Å². The second kappa shape index (κ2) is 8.64. The van der Waals surface area contributed by atoms with Crippen LogP contribution in [0.4, 0.5) is 5.69 Å². The van der Waals surface area contributed by atoms with Crippen molar-refractivity contribution >= 4 is 39.1 Å². The van der Waals surface area contributed by atoms with Crippen molar-refractivity contribution in [3.8, 4) is 5.75 Å². The smallest absolute Gasteiger partial charge is 0.341 e. The third kappa shape index (κ3) is 5.27. The number of para-hydroxylation sites is 1. The number of rotatable bonds is 8. The van der Waals surface area contributed by atoms with E-state index < -0.39 is 12.6 Å². The zero-order valence-corrected chi connectivity index (χ0v) is 15.7. The number of hydrogen-bond donors (Lipinski definition) is 2. The van der Waals surface area contributed by atoms with E-state index in [2.05, 4.69) is 16.4 Å². The summed E-state index contributed by atoms with van der Waals surface area (Å²) < 4.78 is 6.29. The molecule has 6 nitrogen and oxygen atoms in total. The van der Waals surface area contributed by atoms with Crippen molar-refractivity contribution < 1.29 is 19.4 Å². The minimum Gasteiger partial charge on any atom is -0.482 e. The highest BCUT2D eigenvalue weighted by molar-refractivity contribution is 7.18. The molecule has 1 heterocycles. The van der Waals surface area contributed by atoms with Crippen LogP contribution in [-0.4, -0.2) is 28.6 Å². The van der Waals surface area contributed by atoms with Gasteiger partial charge in [0, 0.05) is 12.1 Å². The zero-order chi connectivity index (χ0) is 19.2. The van der Waals surface area contributed by atoms with Gasteiger partial charge in [0.25, 0.3) is 0 Å². The van der Waals surface area contributed by atoms with Gasteiger partial charge in [0.1, 0.15) is 5.75 Å². The van der Waals surface area contributed by atoms with E-state index in [0.29, 0.717) is 17.9 Å². The van der Waals surface area contributed by atoms with Gasteiger partial charge in [0.2, 0.25) is 5.91 Å². The van der Waals surface area contributed by atoms with E-state index in [1.807, 2.05) is 25.1 Å². The Labute approximate surface area is 160 Å². The Hall–Kier alpha value is -2.93. The molecule has 0 unspecified atom stereocenters. The molecule has 0 fully saturated rings. The van der Waals surface area contributed by atoms with Gasteiger partial charge in [-0.05, 0) is 55.7 Å². The van der Waals surface area contributed by atoms with Crippen molar-refractivity contribution in [2.24, 2.45) is 0 Å². The molecule has 0 aliphatic rings. The number of fused-ring (bicyclic) bond motifs is 1. The molecule has 0 aliphatic heterocycles. The molecule has 0 aliphatic carbocycles. The van der Waals surface area contributed by atoms with Crippen LogP contribution in [0.15, 0.2) is 42.5 Å². The minimum atomic E-state index is -1.03. The normalized spacial score (nSPS) is 10.7. The lowest BCUT2D eigenvalue weighted by molar-refractivity contribution is -0.139. The van der Waals surface area contributed by atoms with Gasteiger partial charge in [-0.3, -0.25) is 4.79 Å². The molecule has 27 heavy (non-hydrogen) atoms. The molecule has 0 saturated heterocycles. The van der Waals surface area contributed by atoms with E-state index in [1.165, 1.54) is 0 Å². The second-order valence-electron chi connectivity index (χ2n) is 6.14. The predicted molar refractivity (Wildman–Crippen MR) is 105 cm³/mol. The lowest BCUT2D eigenvalue weighted by Crippen LogP contribution is -2.13. The van der Waals surface area contributed by atoms with Crippen LogP contribution in [0.3, 0.4) is 0 Å². The molecular formula is C20H20N2O4S. The molecule has 2 N–H and O–H groups in total. The summed E-state index contributed by atoms with van der Waals surface area (Å²) >= 11 is 1.67. The molecule has 1 aromatic heterocycles. The average molecular weight is 384 g/mol. The van der Waals surface area contributed by atoms with Gasteiger partial charge in [0.15, 0.2) is 6.61 Å². The number of carboxylic acids is 1. The highest BCUT2D eigenvalue weighted by Gasteiger charge is 2.08. The molecular weight excluding hydrogens is 364 g/mol. The fourth-order valence-corrected chi connectivity index (χ4v) is 3.66. The van der Waals surface area contributed by atoms with Crippen LogP contribution >= 0.6 is 11.3 Å². The molecule has 0 spiro atoms. The third-order valence-corrected chi connectivity index (χ3v) is 5.06. The molecule has 140 valence electrons. The summed E-state index contributed by atoms with van der Waals surface area (Å²) in [6.07, 6.45) is 1.91. The van der Waals surface area contributed by atoms with Crippen LogP contribution in [0.1, 0.15) is 23.4 Å². The highest BCUT2D eigenvalue weighted by atomic mass is 32.1. The summed E-state index contributed by atoms with van der Waals surface area (Å²) in [7, 11) is 0. The monoisotopic (exact) mass is 384 g/mol. The summed E-state index contributed by atoms with van der Waals surface area (Å²) in [6, 6.07) is 13.1. The number of aliphatic carboxylic acids is 1. The van der Waals surface area contributed by atoms with E-state index in [4.69, 9.17) is 9.84 Å². The van der Waals surface area contributed by atoms with Crippen LogP contribution < -0.4 is 10.1 Å². The number of benzene rings is 2. The van der Waals surface area contributed by atoms with E-state index in [9.17, 15) is 9.59 Å². The molecule has 7 heteroatoms. The standard InChI is InChI=1S/C20H20N2O4S/c1-13-11-14(26-12-20(24)25)9-10-15(13)21-18(23)7-4-8-19-22-16-5-2-3-6-17(16)27-19/h2-3,5-6,9-11H,4,7-8,12H2,1H3,(H,21,23)(H,24,25). The largest absolute Gasteiger partial charge is 0.482 e. The molecule has 1 amide bonds. The van der Waals surface area contributed by atoms with Crippen LogP contribution in [0, 0.1) is 6.92 Å². The summed E-state index contributed by atoms with van der Waals surface area (Å²) in [4.78, 5) is 27.3. The Balaban J connectivity index is 1.49. The second-order valence-corrected chi connectivity index (χ2v) is 7.25. The number of ether oxygens (including phenoxy) is 1. The van der Waals surface area contributed by atoms with Crippen LogP contribution in [0.5, 0.6) is 5.75 Å². The Morgan fingerprint density at radius 2 is 2.04 bits per heavy atom. The fraction of sp³-hybridized carbons (Fsp3) is 0.250. The number of hydrogen-bond acceptors (Lipinski definition) is 5. The first-order valence-corrected chi connectivity index (χ1v) is 9.42. The van der Waals surface area contributed by atoms with Gasteiger partial charge in [-0.2, -0.15) is 0 Å². The van der Waals surface area contributed by atoms with E-state index in [-0.39, 0.29) is 5.91 Å². The van der Waals surface area contributed by atoms with E-state index in [1.54, 1.807) is 29.5 Å². The Morgan fingerprint density at radius 1 is 1.22 bits per heavy atom. The predicted octanol–water partition coefficient (Wildman–Crippen LogP) is 4.03. The Kier molecular flexibility index (Phi) is 6.03. The lowest BCUT2D eigenvalue weighted by atomic mass is 10.1. The minimum absolute atomic E-state index is 0.0570. The van der Waals surface area contributed by atoms with Crippen molar-refractivity contribution in [1.29, 1.82) is 0 Å². The first-order valence-electron chi connectivity index (χ1n) is 8.61. The number of thiazole rings is 1. The number of carboxylic acid groups (broad SMARTS) is 1. The summed E-state index contributed by atoms with van der Waals surface area (Å²) in [5.41, 5.74) is 2.52. The van der Waals surface area contributed by atoms with Crippen molar-refractivity contribution in [1.82, 2.24) is 4.98 Å². The number of aryl methyl sites for hydroxylation is 2. The van der Waals surface area contributed by atoms with Crippen LogP contribution in [0.2, 0.25) is 0 Å². The number of anilines is 1. The van der Waals surface area contributed by atoms with Gasteiger partial charge in [0.05, 0.1) is 15.2 Å². The highest BCUT2D eigenvalue weighted by Crippen LogP contribution is 2.24. The molecule has 0 atom stereocenters. The maximum absolute atomic E-state index is 12.2. The van der Waals surface area contributed by atoms with Gasteiger partial charge >= 0.3 is 5.97 Å². The van der Waals surface area contributed by atoms with Crippen molar-refractivity contribution in [2.75, 3.05) is 11.9 Å². The summed E-state index contributed by atoms with van der Waals surface area (Å²) in [6.45, 7) is 1.45. The van der Waals surface area contributed by atoms with Crippen LogP contribution in [-0.2, 0) is 16.0 Å². The van der Waals surface area contributed by atoms with Crippen molar-refractivity contribution in [3.63, 3.8) is 0 Å². The number of nitrogens with zero attached hydrogens (tertiary/aromatic N) is 1. The SMILES string of the molecule is Cc1cc(OCC(=O)O)ccc1NC(=O)CCCc1nc2ccccc2s1. The number of nitrogens with one attached hydrogen (secondary N) is 1. The number of carbonyl (C=O) groups is 2. The van der Waals surface area contributed by atoms with E-state index in [0.717, 1.165) is 33.6 Å². The Morgan fingerprint density at radius 3 is 2.78 bits per heavy atom. The van der Waals surface area contributed by atoms with Crippen molar-refractivity contribution in [3.05, 3.63) is 53.0 Å². The average Bonchev–Trinajstić information content (AvgIpc) is 3.04. The molecule has 0 bridgehead atoms. The Bertz CT molecular complexity index is 935. The molecule has 0 radical (unpaired) electrons. The first kappa shape index (κ1) is 18.8. The summed E-state index contributed by atoms with van der Waals surface area (Å²) in [5, 5.41) is 12.6.